The molecule has 1 rings (SSSR count). The molecule has 3 N–H and O–H groups in total. The van der Waals surface area contributed by atoms with Crippen molar-refractivity contribution in [2.75, 3.05) is 10.5 Å². The summed E-state index contributed by atoms with van der Waals surface area (Å²) >= 11 is 8.07. The quantitative estimate of drug-likeness (QED) is 0.830. The van der Waals surface area contributed by atoms with Gasteiger partial charge in [0.25, 0.3) is 0 Å². The highest BCUT2D eigenvalue weighted by atomic mass is 79.9. The summed E-state index contributed by atoms with van der Waals surface area (Å²) in [6.07, 6.45) is 0. The third kappa shape index (κ3) is 3.43. The van der Waals surface area contributed by atoms with Crippen LogP contribution in [-0.4, -0.2) is 19.2 Å². The molecular formula is C9H11BrN2O2S2. The second-order valence-corrected chi connectivity index (χ2v) is 6.37. The Morgan fingerprint density at radius 1 is 1.56 bits per heavy atom. The Labute approximate surface area is 108 Å². The van der Waals surface area contributed by atoms with Crippen LogP contribution in [0.2, 0.25) is 0 Å². The van der Waals surface area contributed by atoms with Crippen LogP contribution in [0, 0.1) is 0 Å². The minimum atomic E-state index is -3.27. The second-order valence-electron chi connectivity index (χ2n) is 3.06. The van der Waals surface area contributed by atoms with E-state index in [-0.39, 0.29) is 10.7 Å². The van der Waals surface area contributed by atoms with Crippen LogP contribution < -0.4 is 10.5 Å². The number of thiocarbonyl (C=S) groups is 1. The molecule has 0 spiro atoms. The van der Waals surface area contributed by atoms with Crippen LogP contribution in [0.3, 0.4) is 0 Å². The van der Waals surface area contributed by atoms with Crippen LogP contribution >= 0.6 is 28.1 Å². The van der Waals surface area contributed by atoms with Gasteiger partial charge in [0.05, 0.1) is 11.4 Å². The van der Waals surface area contributed by atoms with Gasteiger partial charge in [-0.1, -0.05) is 12.2 Å². The van der Waals surface area contributed by atoms with Gasteiger partial charge in [-0.3, -0.25) is 4.72 Å². The van der Waals surface area contributed by atoms with Crippen LogP contribution in [-0.2, 0) is 10.0 Å². The highest BCUT2D eigenvalue weighted by Crippen LogP contribution is 2.24. The molecule has 0 aromatic heterocycles. The van der Waals surface area contributed by atoms with Crippen molar-refractivity contribution in [3.8, 4) is 0 Å². The van der Waals surface area contributed by atoms with Gasteiger partial charge in [0.2, 0.25) is 10.0 Å². The highest BCUT2D eigenvalue weighted by Gasteiger charge is 2.10. The fraction of sp³-hybridized carbons (Fsp3) is 0.222. The Morgan fingerprint density at radius 2 is 2.19 bits per heavy atom. The number of nitrogens with one attached hydrogen (secondary N) is 1. The Morgan fingerprint density at radius 3 is 2.62 bits per heavy atom. The van der Waals surface area contributed by atoms with Crippen LogP contribution in [0.5, 0.6) is 0 Å². The maximum Gasteiger partial charge on any atom is 0.232 e. The van der Waals surface area contributed by atoms with E-state index in [0.29, 0.717) is 15.7 Å². The van der Waals surface area contributed by atoms with E-state index in [4.69, 9.17) is 18.0 Å². The topological polar surface area (TPSA) is 72.2 Å². The van der Waals surface area contributed by atoms with Crippen LogP contribution in [0.1, 0.15) is 12.5 Å². The minimum absolute atomic E-state index is 0.0243. The molecule has 0 amide bonds. The lowest BCUT2D eigenvalue weighted by atomic mass is 10.2. The summed E-state index contributed by atoms with van der Waals surface area (Å²) in [4.78, 5) is 0.269. The van der Waals surface area contributed by atoms with Gasteiger partial charge < -0.3 is 5.73 Å². The molecular weight excluding hydrogens is 312 g/mol. The summed E-state index contributed by atoms with van der Waals surface area (Å²) in [5.41, 5.74) is 6.61. The lowest BCUT2D eigenvalue weighted by Crippen LogP contribution is -2.15. The predicted molar refractivity (Wildman–Crippen MR) is 73.1 cm³/mol. The molecule has 0 saturated carbocycles. The molecule has 0 aliphatic rings. The van der Waals surface area contributed by atoms with E-state index in [0.717, 1.165) is 0 Å². The smallest absolute Gasteiger partial charge is 0.232 e. The first-order valence-corrected chi connectivity index (χ1v) is 7.31. The first kappa shape index (κ1) is 13.4. The van der Waals surface area contributed by atoms with Crippen molar-refractivity contribution in [3.63, 3.8) is 0 Å². The van der Waals surface area contributed by atoms with Crippen LogP contribution in [0.25, 0.3) is 0 Å². The molecule has 1 aromatic rings. The second kappa shape index (κ2) is 5.11. The number of rotatable bonds is 4. The van der Waals surface area contributed by atoms with Gasteiger partial charge in [-0.15, -0.1) is 0 Å². The average Bonchev–Trinajstić information content (AvgIpc) is 2.20. The number of benzene rings is 1. The Kier molecular flexibility index (Phi) is 4.28. The van der Waals surface area contributed by atoms with E-state index >= 15 is 0 Å². The average molecular weight is 323 g/mol. The Bertz CT molecular complexity index is 514. The molecule has 0 unspecified atom stereocenters. The fourth-order valence-electron chi connectivity index (χ4n) is 0.991. The van der Waals surface area contributed by atoms with E-state index < -0.39 is 10.0 Å². The van der Waals surface area contributed by atoms with Crippen molar-refractivity contribution >= 4 is 48.8 Å². The number of hydrogen-bond donors (Lipinski definition) is 2. The molecule has 0 radical (unpaired) electrons. The van der Waals surface area contributed by atoms with E-state index in [2.05, 4.69) is 20.7 Å². The molecule has 7 heteroatoms. The molecule has 0 fully saturated rings. The zero-order chi connectivity index (χ0) is 12.3. The van der Waals surface area contributed by atoms with Gasteiger partial charge in [0, 0.05) is 10.0 Å². The SMILES string of the molecule is CCS(=O)(=O)Nc1ccc(C(N)=S)cc1Br. The zero-order valence-corrected chi connectivity index (χ0v) is 11.7. The van der Waals surface area contributed by atoms with Crippen molar-refractivity contribution in [2.24, 2.45) is 5.73 Å². The van der Waals surface area contributed by atoms with E-state index in [1.54, 1.807) is 25.1 Å². The molecule has 1 aromatic carbocycles. The van der Waals surface area contributed by atoms with Gasteiger partial charge >= 0.3 is 0 Å². The van der Waals surface area contributed by atoms with Crippen molar-refractivity contribution in [2.45, 2.75) is 6.92 Å². The monoisotopic (exact) mass is 322 g/mol. The van der Waals surface area contributed by atoms with Gasteiger partial charge in [-0.05, 0) is 41.1 Å². The van der Waals surface area contributed by atoms with E-state index in [9.17, 15) is 8.42 Å². The normalized spacial score (nSPS) is 11.1. The third-order valence-corrected chi connectivity index (χ3v) is 4.08. The maximum atomic E-state index is 11.4. The summed E-state index contributed by atoms with van der Waals surface area (Å²) in [6.45, 7) is 1.57. The van der Waals surface area contributed by atoms with Crippen LogP contribution in [0.15, 0.2) is 22.7 Å². The maximum absolute atomic E-state index is 11.4. The molecule has 0 aliphatic carbocycles. The van der Waals surface area contributed by atoms with E-state index in [1.807, 2.05) is 0 Å². The molecule has 16 heavy (non-hydrogen) atoms. The lowest BCUT2D eigenvalue weighted by Gasteiger charge is -2.09. The standard InChI is InChI=1S/C9H11BrN2O2S2/c1-2-16(13,14)12-8-4-3-6(9(11)15)5-7(8)10/h3-5,12H,2H2,1H3,(H2,11,15). The summed E-state index contributed by atoms with van der Waals surface area (Å²) in [6, 6.07) is 4.96. The third-order valence-electron chi connectivity index (χ3n) is 1.90. The largest absolute Gasteiger partial charge is 0.389 e. The predicted octanol–water partition coefficient (Wildman–Crippen LogP) is 1.84. The van der Waals surface area contributed by atoms with Crippen molar-refractivity contribution in [1.82, 2.24) is 0 Å². The number of halogens is 1. The molecule has 0 atom stereocenters. The molecule has 0 heterocycles. The lowest BCUT2D eigenvalue weighted by molar-refractivity contribution is 0.602. The number of anilines is 1. The number of nitrogens with two attached hydrogens (primary N) is 1. The molecule has 0 bridgehead atoms. The first-order chi connectivity index (χ1) is 7.35. The number of sulfonamides is 1. The summed E-state index contributed by atoms with van der Waals surface area (Å²) in [5.74, 6) is 0.0243. The zero-order valence-electron chi connectivity index (χ0n) is 8.53. The van der Waals surface area contributed by atoms with Gasteiger partial charge in [-0.25, -0.2) is 8.42 Å². The van der Waals surface area contributed by atoms with Crippen molar-refractivity contribution < 1.29 is 8.42 Å². The summed E-state index contributed by atoms with van der Waals surface area (Å²) < 4.78 is 25.8. The van der Waals surface area contributed by atoms with Crippen molar-refractivity contribution in [1.29, 1.82) is 0 Å². The molecule has 0 saturated heterocycles. The van der Waals surface area contributed by atoms with Gasteiger partial charge in [-0.2, -0.15) is 0 Å². The van der Waals surface area contributed by atoms with Gasteiger partial charge in [0.15, 0.2) is 0 Å². The van der Waals surface area contributed by atoms with Crippen molar-refractivity contribution in [3.05, 3.63) is 28.2 Å². The highest BCUT2D eigenvalue weighted by molar-refractivity contribution is 9.10. The number of hydrogen-bond acceptors (Lipinski definition) is 3. The van der Waals surface area contributed by atoms with Crippen LogP contribution in [0.4, 0.5) is 5.69 Å². The van der Waals surface area contributed by atoms with Gasteiger partial charge in [0.1, 0.15) is 4.99 Å². The first-order valence-electron chi connectivity index (χ1n) is 4.45. The Balaban J connectivity index is 3.05. The minimum Gasteiger partial charge on any atom is -0.389 e. The summed E-state index contributed by atoms with van der Waals surface area (Å²) in [7, 11) is -3.27. The molecule has 88 valence electrons. The van der Waals surface area contributed by atoms with E-state index in [1.165, 1.54) is 0 Å². The Hall–Kier alpha value is -0.660. The molecule has 4 nitrogen and oxygen atoms in total. The summed E-state index contributed by atoms with van der Waals surface area (Å²) in [5, 5.41) is 0. The molecule has 0 aliphatic heterocycles. The fourth-order valence-corrected chi connectivity index (χ4v) is 2.38.